The number of likely N-dealkylation sites (N-methyl/N-ethyl adjacent to an activating group) is 1. The van der Waals surface area contributed by atoms with Crippen molar-refractivity contribution in [3.05, 3.63) is 58.6 Å². The Morgan fingerprint density at radius 3 is 2.58 bits per heavy atom. The molecule has 0 heterocycles. The minimum Gasteiger partial charge on any atom is -0.496 e. The SMILES string of the molecule is COc1ccc(Cl)cc1CN(C)C(=O)COc1ccc(C#N)cc1. The zero-order chi connectivity index (χ0) is 17.5. The van der Waals surface area contributed by atoms with Crippen LogP contribution in [0.2, 0.25) is 5.02 Å². The second-order valence-electron chi connectivity index (χ2n) is 5.13. The molecule has 0 unspecified atom stereocenters. The Kier molecular flexibility index (Phi) is 6.05. The van der Waals surface area contributed by atoms with Crippen LogP contribution in [-0.4, -0.2) is 31.6 Å². The number of carbonyl (C=O) groups excluding carboxylic acids is 1. The lowest BCUT2D eigenvalue weighted by Crippen LogP contribution is -2.31. The normalized spacial score (nSPS) is 9.92. The molecular weight excluding hydrogens is 328 g/mol. The molecular formula is C18H17ClN2O3. The monoisotopic (exact) mass is 344 g/mol. The fourth-order valence-electron chi connectivity index (χ4n) is 2.10. The maximum atomic E-state index is 12.2. The van der Waals surface area contributed by atoms with Gasteiger partial charge >= 0.3 is 0 Å². The molecule has 5 nitrogen and oxygen atoms in total. The van der Waals surface area contributed by atoms with Gasteiger partial charge in [-0.25, -0.2) is 0 Å². The molecule has 2 aromatic carbocycles. The first-order chi connectivity index (χ1) is 11.5. The molecule has 0 saturated heterocycles. The van der Waals surface area contributed by atoms with Gasteiger partial charge in [-0.3, -0.25) is 4.79 Å². The molecule has 0 aliphatic rings. The highest BCUT2D eigenvalue weighted by Gasteiger charge is 2.13. The van der Waals surface area contributed by atoms with Gasteiger partial charge in [0, 0.05) is 24.2 Å². The highest BCUT2D eigenvalue weighted by molar-refractivity contribution is 6.30. The molecule has 6 heteroatoms. The standard InChI is InChI=1S/C18H17ClN2O3/c1-21(11-14-9-15(19)5-8-17(14)23-2)18(22)12-24-16-6-3-13(10-20)4-7-16/h3-9H,11-12H2,1-2H3. The molecule has 2 rings (SSSR count). The van der Waals surface area contributed by atoms with Crippen LogP contribution >= 0.6 is 11.6 Å². The Labute approximate surface area is 146 Å². The van der Waals surface area contributed by atoms with Crippen LogP contribution in [0.1, 0.15) is 11.1 Å². The smallest absolute Gasteiger partial charge is 0.260 e. The number of halogens is 1. The van der Waals surface area contributed by atoms with Crippen LogP contribution in [0, 0.1) is 11.3 Å². The molecule has 0 aromatic heterocycles. The lowest BCUT2D eigenvalue weighted by Gasteiger charge is -2.19. The minimum absolute atomic E-state index is 0.0920. The number of carbonyl (C=O) groups is 1. The van der Waals surface area contributed by atoms with Crippen molar-refractivity contribution in [2.75, 3.05) is 20.8 Å². The summed E-state index contributed by atoms with van der Waals surface area (Å²) in [6, 6.07) is 13.9. The number of nitriles is 1. The van der Waals surface area contributed by atoms with E-state index in [4.69, 9.17) is 26.3 Å². The number of benzene rings is 2. The number of amides is 1. The first-order valence-corrected chi connectivity index (χ1v) is 7.60. The fourth-order valence-corrected chi connectivity index (χ4v) is 2.29. The first kappa shape index (κ1) is 17.6. The highest BCUT2D eigenvalue weighted by Crippen LogP contribution is 2.23. The van der Waals surface area contributed by atoms with Gasteiger partial charge in [-0.15, -0.1) is 0 Å². The van der Waals surface area contributed by atoms with Crippen molar-refractivity contribution in [3.8, 4) is 17.6 Å². The van der Waals surface area contributed by atoms with Gasteiger partial charge in [-0.05, 0) is 42.5 Å². The molecule has 124 valence electrons. The molecule has 0 N–H and O–H groups in total. The third-order valence-electron chi connectivity index (χ3n) is 3.42. The Morgan fingerprint density at radius 2 is 1.96 bits per heavy atom. The summed E-state index contributed by atoms with van der Waals surface area (Å²) in [6.45, 7) is 0.268. The van der Waals surface area contributed by atoms with E-state index in [1.807, 2.05) is 6.07 Å². The van der Waals surface area contributed by atoms with Crippen LogP contribution < -0.4 is 9.47 Å². The second-order valence-corrected chi connectivity index (χ2v) is 5.57. The average molecular weight is 345 g/mol. The number of hydrogen-bond donors (Lipinski definition) is 0. The van der Waals surface area contributed by atoms with Gasteiger partial charge in [0.25, 0.3) is 5.91 Å². The lowest BCUT2D eigenvalue weighted by atomic mass is 10.2. The number of methoxy groups -OCH3 is 1. The summed E-state index contributed by atoms with van der Waals surface area (Å²) < 4.78 is 10.7. The van der Waals surface area contributed by atoms with Gasteiger partial charge in [-0.2, -0.15) is 5.26 Å². The second kappa shape index (κ2) is 8.23. The molecule has 0 saturated carbocycles. The van der Waals surface area contributed by atoms with E-state index in [9.17, 15) is 4.79 Å². The van der Waals surface area contributed by atoms with Crippen molar-refractivity contribution in [2.45, 2.75) is 6.54 Å². The third-order valence-corrected chi connectivity index (χ3v) is 3.66. The average Bonchev–Trinajstić information content (AvgIpc) is 2.60. The Morgan fingerprint density at radius 1 is 1.25 bits per heavy atom. The maximum Gasteiger partial charge on any atom is 0.260 e. The van der Waals surface area contributed by atoms with Gasteiger partial charge < -0.3 is 14.4 Å². The van der Waals surface area contributed by atoms with E-state index in [-0.39, 0.29) is 12.5 Å². The van der Waals surface area contributed by atoms with Crippen molar-refractivity contribution in [1.29, 1.82) is 5.26 Å². The van der Waals surface area contributed by atoms with E-state index < -0.39 is 0 Å². The topological polar surface area (TPSA) is 62.6 Å². The van der Waals surface area contributed by atoms with Crippen molar-refractivity contribution in [3.63, 3.8) is 0 Å². The summed E-state index contributed by atoms with van der Waals surface area (Å²) in [4.78, 5) is 13.7. The number of rotatable bonds is 6. The Hall–Kier alpha value is -2.71. The van der Waals surface area contributed by atoms with Crippen LogP contribution in [0.15, 0.2) is 42.5 Å². The van der Waals surface area contributed by atoms with Crippen LogP contribution in [-0.2, 0) is 11.3 Å². The van der Waals surface area contributed by atoms with Crippen molar-refractivity contribution in [2.24, 2.45) is 0 Å². The van der Waals surface area contributed by atoms with Crippen molar-refractivity contribution < 1.29 is 14.3 Å². The van der Waals surface area contributed by atoms with Crippen LogP contribution in [0.4, 0.5) is 0 Å². The van der Waals surface area contributed by atoms with Gasteiger partial charge in [0.15, 0.2) is 6.61 Å². The van der Waals surface area contributed by atoms with E-state index >= 15 is 0 Å². The number of ether oxygens (including phenoxy) is 2. The van der Waals surface area contributed by atoms with Gasteiger partial charge in [-0.1, -0.05) is 11.6 Å². The lowest BCUT2D eigenvalue weighted by molar-refractivity contribution is -0.132. The molecule has 2 aromatic rings. The summed E-state index contributed by atoms with van der Waals surface area (Å²) in [5, 5.41) is 9.33. The summed E-state index contributed by atoms with van der Waals surface area (Å²) in [5.74, 6) is 1.03. The van der Waals surface area contributed by atoms with Gasteiger partial charge in [0.1, 0.15) is 11.5 Å². The minimum atomic E-state index is -0.179. The van der Waals surface area contributed by atoms with Gasteiger partial charge in [0.05, 0.1) is 18.7 Å². The van der Waals surface area contributed by atoms with Crippen LogP contribution in [0.25, 0.3) is 0 Å². The highest BCUT2D eigenvalue weighted by atomic mass is 35.5. The molecule has 0 spiro atoms. The maximum absolute atomic E-state index is 12.2. The Balaban J connectivity index is 1.94. The van der Waals surface area contributed by atoms with Crippen molar-refractivity contribution >= 4 is 17.5 Å². The zero-order valence-corrected chi connectivity index (χ0v) is 14.2. The van der Waals surface area contributed by atoms with E-state index in [1.54, 1.807) is 56.6 Å². The van der Waals surface area contributed by atoms with E-state index in [2.05, 4.69) is 0 Å². The van der Waals surface area contributed by atoms with Gasteiger partial charge in [0.2, 0.25) is 0 Å². The summed E-state index contributed by atoms with van der Waals surface area (Å²) in [5.41, 5.74) is 1.36. The molecule has 0 aliphatic heterocycles. The largest absolute Gasteiger partial charge is 0.496 e. The van der Waals surface area contributed by atoms with E-state index in [0.717, 1.165) is 5.56 Å². The zero-order valence-electron chi connectivity index (χ0n) is 13.5. The molecule has 0 atom stereocenters. The third kappa shape index (κ3) is 4.64. The molecule has 0 bridgehead atoms. The number of nitrogens with zero attached hydrogens (tertiary/aromatic N) is 2. The van der Waals surface area contributed by atoms with E-state index in [0.29, 0.717) is 28.6 Å². The predicted octanol–water partition coefficient (Wildman–Crippen LogP) is 3.26. The summed E-state index contributed by atoms with van der Waals surface area (Å²) in [6.07, 6.45) is 0. The number of hydrogen-bond acceptors (Lipinski definition) is 4. The predicted molar refractivity (Wildman–Crippen MR) is 91.1 cm³/mol. The molecule has 24 heavy (non-hydrogen) atoms. The molecule has 0 fully saturated rings. The van der Waals surface area contributed by atoms with Crippen molar-refractivity contribution in [1.82, 2.24) is 4.90 Å². The first-order valence-electron chi connectivity index (χ1n) is 7.23. The molecule has 1 amide bonds. The van der Waals surface area contributed by atoms with E-state index in [1.165, 1.54) is 4.90 Å². The quantitative estimate of drug-likeness (QED) is 0.807. The van der Waals surface area contributed by atoms with Crippen LogP contribution in [0.3, 0.4) is 0 Å². The van der Waals surface area contributed by atoms with Crippen LogP contribution in [0.5, 0.6) is 11.5 Å². The molecule has 0 radical (unpaired) electrons. The molecule has 0 aliphatic carbocycles. The fraction of sp³-hybridized carbons (Fsp3) is 0.222. The Bertz CT molecular complexity index is 754. The summed E-state index contributed by atoms with van der Waals surface area (Å²) >= 11 is 6.00. The summed E-state index contributed by atoms with van der Waals surface area (Å²) in [7, 11) is 3.26.